The van der Waals surface area contributed by atoms with Crippen LogP contribution in [0.3, 0.4) is 0 Å². The van der Waals surface area contributed by atoms with Crippen LogP contribution in [0, 0.1) is 0 Å². The van der Waals surface area contributed by atoms with Gasteiger partial charge in [-0.25, -0.2) is 4.98 Å². The summed E-state index contributed by atoms with van der Waals surface area (Å²) in [5.41, 5.74) is 0.877. The fourth-order valence-corrected chi connectivity index (χ4v) is 0.909. The Morgan fingerprint density at radius 3 is 2.90 bits per heavy atom. The van der Waals surface area contributed by atoms with Gasteiger partial charge < -0.3 is 0 Å². The standard InChI is InChI=1S/C6H6N4/c1-4-5-6(10-9-4)8-3-2-7-5/h2-4H,1H3. The fraction of sp³-hybridized carbons (Fsp3) is 0.333. The average Bonchev–Trinajstić information content (AvgIpc) is 2.34. The molecule has 2 heterocycles. The minimum Gasteiger partial charge on any atom is -0.253 e. The van der Waals surface area contributed by atoms with Crippen molar-refractivity contribution in [2.45, 2.75) is 13.0 Å². The molecule has 0 aromatic carbocycles. The SMILES string of the molecule is CC1N=Nc2nccnc21. The molecule has 1 aromatic heterocycles. The molecule has 1 aliphatic heterocycles. The van der Waals surface area contributed by atoms with Gasteiger partial charge in [0.05, 0.1) is 0 Å². The number of aromatic nitrogens is 2. The van der Waals surface area contributed by atoms with Crippen LogP contribution in [-0.4, -0.2) is 9.97 Å². The Kier molecular flexibility index (Phi) is 1.00. The molecular weight excluding hydrogens is 128 g/mol. The summed E-state index contributed by atoms with van der Waals surface area (Å²) in [6.45, 7) is 1.95. The molecule has 0 N–H and O–H groups in total. The van der Waals surface area contributed by atoms with Gasteiger partial charge in [-0.3, -0.25) is 4.98 Å². The maximum atomic E-state index is 4.09. The maximum absolute atomic E-state index is 4.09. The third-order valence-corrected chi connectivity index (χ3v) is 1.43. The molecule has 4 nitrogen and oxygen atoms in total. The first-order valence-corrected chi connectivity index (χ1v) is 3.09. The summed E-state index contributed by atoms with van der Waals surface area (Å²) in [6.07, 6.45) is 3.28. The van der Waals surface area contributed by atoms with E-state index in [9.17, 15) is 0 Å². The zero-order valence-corrected chi connectivity index (χ0v) is 5.52. The molecule has 1 aliphatic rings. The van der Waals surface area contributed by atoms with E-state index in [2.05, 4.69) is 20.2 Å². The van der Waals surface area contributed by atoms with Crippen LogP contribution in [0.4, 0.5) is 5.82 Å². The molecule has 0 radical (unpaired) electrons. The van der Waals surface area contributed by atoms with Crippen LogP contribution in [0.1, 0.15) is 18.7 Å². The molecule has 0 aliphatic carbocycles. The topological polar surface area (TPSA) is 50.5 Å². The van der Waals surface area contributed by atoms with Crippen LogP contribution < -0.4 is 0 Å². The monoisotopic (exact) mass is 134 g/mol. The molecule has 4 heteroatoms. The van der Waals surface area contributed by atoms with Crippen molar-refractivity contribution >= 4 is 5.82 Å². The Morgan fingerprint density at radius 1 is 1.30 bits per heavy atom. The molecule has 1 atom stereocenters. The van der Waals surface area contributed by atoms with Gasteiger partial charge in [0, 0.05) is 12.4 Å². The first-order valence-electron chi connectivity index (χ1n) is 3.09. The van der Waals surface area contributed by atoms with Crippen molar-refractivity contribution in [3.63, 3.8) is 0 Å². The van der Waals surface area contributed by atoms with Crippen molar-refractivity contribution in [1.82, 2.24) is 9.97 Å². The van der Waals surface area contributed by atoms with Crippen molar-refractivity contribution in [2.24, 2.45) is 10.2 Å². The van der Waals surface area contributed by atoms with E-state index in [4.69, 9.17) is 0 Å². The lowest BCUT2D eigenvalue weighted by Crippen LogP contribution is -1.89. The lowest BCUT2D eigenvalue weighted by molar-refractivity contribution is 0.783. The molecule has 0 spiro atoms. The smallest absolute Gasteiger partial charge is 0.198 e. The number of hydrogen-bond donors (Lipinski definition) is 0. The third kappa shape index (κ3) is 0.618. The molecule has 0 fully saturated rings. The lowest BCUT2D eigenvalue weighted by atomic mass is 10.3. The highest BCUT2D eigenvalue weighted by Gasteiger charge is 2.17. The Morgan fingerprint density at radius 2 is 2.10 bits per heavy atom. The Labute approximate surface area is 58.0 Å². The first-order chi connectivity index (χ1) is 4.88. The van der Waals surface area contributed by atoms with E-state index < -0.39 is 0 Å². The fourth-order valence-electron chi connectivity index (χ4n) is 0.909. The maximum Gasteiger partial charge on any atom is 0.198 e. The van der Waals surface area contributed by atoms with Gasteiger partial charge in [-0.1, -0.05) is 0 Å². The molecule has 10 heavy (non-hydrogen) atoms. The van der Waals surface area contributed by atoms with Crippen LogP contribution in [-0.2, 0) is 0 Å². The van der Waals surface area contributed by atoms with Gasteiger partial charge in [-0.2, -0.15) is 5.11 Å². The molecule has 2 rings (SSSR count). The number of rotatable bonds is 0. The second-order valence-electron chi connectivity index (χ2n) is 2.16. The predicted octanol–water partition coefficient (Wildman–Crippen LogP) is 1.63. The zero-order chi connectivity index (χ0) is 6.97. The normalized spacial score (nSPS) is 21.1. The van der Waals surface area contributed by atoms with Gasteiger partial charge in [0.25, 0.3) is 0 Å². The molecule has 0 saturated carbocycles. The van der Waals surface area contributed by atoms with E-state index in [1.807, 2.05) is 6.92 Å². The zero-order valence-electron chi connectivity index (χ0n) is 5.52. The minimum atomic E-state index is 0.0868. The first kappa shape index (κ1) is 5.46. The van der Waals surface area contributed by atoms with Crippen molar-refractivity contribution in [3.8, 4) is 0 Å². The van der Waals surface area contributed by atoms with E-state index >= 15 is 0 Å². The summed E-state index contributed by atoms with van der Waals surface area (Å²) in [5, 5.41) is 7.74. The van der Waals surface area contributed by atoms with Gasteiger partial charge in [-0.05, 0) is 6.92 Å². The van der Waals surface area contributed by atoms with Crippen molar-refractivity contribution in [3.05, 3.63) is 18.1 Å². The van der Waals surface area contributed by atoms with Crippen molar-refractivity contribution in [2.75, 3.05) is 0 Å². The summed E-state index contributed by atoms with van der Waals surface area (Å²) in [7, 11) is 0. The van der Waals surface area contributed by atoms with Crippen LogP contribution >= 0.6 is 0 Å². The highest BCUT2D eigenvalue weighted by atomic mass is 15.2. The lowest BCUT2D eigenvalue weighted by Gasteiger charge is -1.94. The summed E-state index contributed by atoms with van der Waals surface area (Å²) in [5.74, 6) is 0.662. The third-order valence-electron chi connectivity index (χ3n) is 1.43. The Balaban J connectivity index is 2.59. The Hall–Kier alpha value is -1.32. The van der Waals surface area contributed by atoms with E-state index in [1.54, 1.807) is 12.4 Å². The number of hydrogen-bond acceptors (Lipinski definition) is 4. The Bertz CT molecular complexity index is 281. The van der Waals surface area contributed by atoms with E-state index in [0.29, 0.717) is 5.82 Å². The molecule has 0 bridgehead atoms. The van der Waals surface area contributed by atoms with Crippen molar-refractivity contribution < 1.29 is 0 Å². The van der Waals surface area contributed by atoms with E-state index in [0.717, 1.165) is 5.69 Å². The van der Waals surface area contributed by atoms with Crippen LogP contribution in [0.25, 0.3) is 0 Å². The average molecular weight is 134 g/mol. The highest BCUT2D eigenvalue weighted by molar-refractivity contribution is 5.36. The predicted molar refractivity (Wildman–Crippen MR) is 35.0 cm³/mol. The van der Waals surface area contributed by atoms with Crippen LogP contribution in [0.5, 0.6) is 0 Å². The van der Waals surface area contributed by atoms with Gasteiger partial charge >= 0.3 is 0 Å². The number of fused-ring (bicyclic) bond motifs is 1. The van der Waals surface area contributed by atoms with Gasteiger partial charge in [0.1, 0.15) is 11.7 Å². The highest BCUT2D eigenvalue weighted by Crippen LogP contribution is 2.30. The molecule has 0 saturated heterocycles. The van der Waals surface area contributed by atoms with E-state index in [-0.39, 0.29) is 6.04 Å². The summed E-state index contributed by atoms with van der Waals surface area (Å²) < 4.78 is 0. The molecule has 1 aromatic rings. The molecule has 0 amide bonds. The molecular formula is C6H6N4. The van der Waals surface area contributed by atoms with Gasteiger partial charge in [0.2, 0.25) is 0 Å². The number of azo groups is 1. The summed E-state index contributed by atoms with van der Waals surface area (Å²) in [6, 6.07) is 0.0868. The quantitative estimate of drug-likeness (QED) is 0.541. The second kappa shape index (κ2) is 1.83. The second-order valence-corrected chi connectivity index (χ2v) is 2.16. The summed E-state index contributed by atoms with van der Waals surface area (Å²) >= 11 is 0. The minimum absolute atomic E-state index is 0.0868. The van der Waals surface area contributed by atoms with E-state index in [1.165, 1.54) is 0 Å². The number of nitrogens with zero attached hydrogens (tertiary/aromatic N) is 4. The van der Waals surface area contributed by atoms with Crippen LogP contribution in [0.2, 0.25) is 0 Å². The largest absolute Gasteiger partial charge is 0.253 e. The molecule has 50 valence electrons. The molecule has 1 unspecified atom stereocenters. The van der Waals surface area contributed by atoms with Gasteiger partial charge in [-0.15, -0.1) is 5.11 Å². The summed E-state index contributed by atoms with van der Waals surface area (Å²) in [4.78, 5) is 8.08. The van der Waals surface area contributed by atoms with Crippen LogP contribution in [0.15, 0.2) is 22.6 Å². The van der Waals surface area contributed by atoms with Crippen molar-refractivity contribution in [1.29, 1.82) is 0 Å². The van der Waals surface area contributed by atoms with Gasteiger partial charge in [0.15, 0.2) is 5.82 Å².